The van der Waals surface area contributed by atoms with Crippen molar-refractivity contribution in [1.82, 2.24) is 4.98 Å². The smallest absolute Gasteiger partial charge is 0.137 e. The third kappa shape index (κ3) is 3.29. The van der Waals surface area contributed by atoms with Gasteiger partial charge in [0.15, 0.2) is 0 Å². The Labute approximate surface area is 135 Å². The summed E-state index contributed by atoms with van der Waals surface area (Å²) in [7, 11) is 1.73. The molecule has 1 heterocycles. The van der Waals surface area contributed by atoms with Crippen molar-refractivity contribution in [2.75, 3.05) is 13.7 Å². The highest BCUT2D eigenvalue weighted by Gasteiger charge is 2.06. The molecule has 0 unspecified atom stereocenters. The van der Waals surface area contributed by atoms with E-state index in [0.29, 0.717) is 5.15 Å². The molecule has 0 amide bonds. The van der Waals surface area contributed by atoms with Crippen molar-refractivity contribution in [1.29, 1.82) is 0 Å². The van der Waals surface area contributed by atoms with Crippen molar-refractivity contribution in [3.05, 3.63) is 65.3 Å². The number of rotatable bonds is 5. The first-order chi connectivity index (χ1) is 10.8. The summed E-state index contributed by atoms with van der Waals surface area (Å²) in [4.78, 5) is 4.52. The van der Waals surface area contributed by atoms with Gasteiger partial charge in [0.1, 0.15) is 5.15 Å². The van der Waals surface area contributed by atoms with Gasteiger partial charge in [-0.15, -0.1) is 0 Å². The topological polar surface area (TPSA) is 22.1 Å². The van der Waals surface area contributed by atoms with Crippen molar-refractivity contribution in [3.63, 3.8) is 0 Å². The highest BCUT2D eigenvalue weighted by molar-refractivity contribution is 6.34. The lowest BCUT2D eigenvalue weighted by Crippen LogP contribution is -1.93. The van der Waals surface area contributed by atoms with Gasteiger partial charge in [0.05, 0.1) is 5.69 Å². The van der Waals surface area contributed by atoms with E-state index in [-0.39, 0.29) is 0 Å². The molecule has 0 aliphatic rings. The maximum absolute atomic E-state index is 6.30. The summed E-state index contributed by atoms with van der Waals surface area (Å²) >= 11 is 6.30. The molecule has 0 aliphatic carbocycles. The molecule has 0 atom stereocenters. The van der Waals surface area contributed by atoms with Crippen LogP contribution in [0.25, 0.3) is 22.0 Å². The summed E-state index contributed by atoms with van der Waals surface area (Å²) in [6.07, 6.45) is 2.07. The highest BCUT2D eigenvalue weighted by atomic mass is 35.5. The number of fused-ring (bicyclic) bond motifs is 1. The number of benzene rings is 2. The van der Waals surface area contributed by atoms with Crippen LogP contribution in [-0.2, 0) is 11.2 Å². The van der Waals surface area contributed by atoms with Crippen LogP contribution in [0.3, 0.4) is 0 Å². The average molecular weight is 312 g/mol. The zero-order valence-corrected chi connectivity index (χ0v) is 13.3. The van der Waals surface area contributed by atoms with Crippen molar-refractivity contribution >= 4 is 22.4 Å². The van der Waals surface area contributed by atoms with Gasteiger partial charge in [-0.2, -0.15) is 0 Å². The molecule has 0 aliphatic heterocycles. The number of hydrogen-bond donors (Lipinski definition) is 0. The van der Waals surface area contributed by atoms with E-state index in [2.05, 4.69) is 41.4 Å². The minimum atomic E-state index is 0.553. The van der Waals surface area contributed by atoms with Crippen molar-refractivity contribution in [2.24, 2.45) is 0 Å². The Morgan fingerprint density at radius 3 is 2.59 bits per heavy atom. The second-order valence-corrected chi connectivity index (χ2v) is 5.67. The lowest BCUT2D eigenvalue weighted by atomic mass is 10.0. The molecule has 1 aromatic heterocycles. The number of nitrogens with zero attached hydrogens (tertiary/aromatic N) is 1. The second kappa shape index (κ2) is 6.91. The fourth-order valence-electron chi connectivity index (χ4n) is 2.57. The van der Waals surface area contributed by atoms with Crippen molar-refractivity contribution in [2.45, 2.75) is 12.8 Å². The predicted molar refractivity (Wildman–Crippen MR) is 92.4 cm³/mol. The molecule has 3 heteroatoms. The van der Waals surface area contributed by atoms with E-state index in [1.165, 1.54) is 5.56 Å². The lowest BCUT2D eigenvalue weighted by molar-refractivity contribution is 0.195. The van der Waals surface area contributed by atoms with Crippen LogP contribution in [0.15, 0.2) is 54.6 Å². The zero-order valence-electron chi connectivity index (χ0n) is 12.6. The van der Waals surface area contributed by atoms with Gasteiger partial charge < -0.3 is 4.74 Å². The molecule has 0 saturated heterocycles. The van der Waals surface area contributed by atoms with Gasteiger partial charge in [-0.25, -0.2) is 4.98 Å². The number of hydrogen-bond acceptors (Lipinski definition) is 2. The second-order valence-electron chi connectivity index (χ2n) is 5.31. The Morgan fingerprint density at radius 1 is 1.05 bits per heavy atom. The van der Waals surface area contributed by atoms with Gasteiger partial charge in [0.2, 0.25) is 0 Å². The van der Waals surface area contributed by atoms with Crippen LogP contribution in [0, 0.1) is 0 Å². The largest absolute Gasteiger partial charge is 0.385 e. The monoisotopic (exact) mass is 311 g/mol. The van der Waals surface area contributed by atoms with E-state index in [1.807, 2.05) is 18.2 Å². The van der Waals surface area contributed by atoms with Gasteiger partial charge in [0.25, 0.3) is 0 Å². The van der Waals surface area contributed by atoms with Gasteiger partial charge >= 0.3 is 0 Å². The number of methoxy groups -OCH3 is 1. The van der Waals surface area contributed by atoms with Gasteiger partial charge in [0, 0.05) is 24.7 Å². The van der Waals surface area contributed by atoms with Crippen molar-refractivity contribution < 1.29 is 4.74 Å². The van der Waals surface area contributed by atoms with E-state index in [9.17, 15) is 0 Å². The van der Waals surface area contributed by atoms with Crippen LogP contribution in [0.1, 0.15) is 12.0 Å². The molecule has 0 fully saturated rings. The molecule has 2 nitrogen and oxygen atoms in total. The zero-order chi connectivity index (χ0) is 15.4. The number of aromatic nitrogens is 1. The summed E-state index contributed by atoms with van der Waals surface area (Å²) in [5.74, 6) is 0. The molecule has 22 heavy (non-hydrogen) atoms. The summed E-state index contributed by atoms with van der Waals surface area (Å²) in [6, 6.07) is 18.6. The molecular weight excluding hydrogens is 294 g/mol. The molecule has 0 radical (unpaired) electrons. The third-order valence-electron chi connectivity index (χ3n) is 3.76. The fraction of sp³-hybridized carbons (Fsp3) is 0.211. The average Bonchev–Trinajstić information content (AvgIpc) is 2.56. The Kier molecular flexibility index (Phi) is 4.71. The standard InChI is InChI=1S/C19H18ClNO/c1-22-12-4-5-14-8-10-15(11-9-14)18-13-16-6-2-3-7-17(16)19(20)21-18/h2-3,6-11,13H,4-5,12H2,1H3. The van der Waals surface area contributed by atoms with Gasteiger partial charge in [-0.05, 0) is 29.9 Å². The maximum atomic E-state index is 6.30. The van der Waals surface area contributed by atoms with E-state index in [1.54, 1.807) is 7.11 Å². The molecule has 3 rings (SSSR count). The Bertz CT molecular complexity index is 768. The Morgan fingerprint density at radius 2 is 1.82 bits per heavy atom. The van der Waals surface area contributed by atoms with E-state index < -0.39 is 0 Å². The van der Waals surface area contributed by atoms with Crippen LogP contribution < -0.4 is 0 Å². The first-order valence-corrected chi connectivity index (χ1v) is 7.79. The quantitative estimate of drug-likeness (QED) is 0.481. The Balaban J connectivity index is 1.87. The van der Waals surface area contributed by atoms with Crippen LogP contribution in [0.4, 0.5) is 0 Å². The summed E-state index contributed by atoms with van der Waals surface area (Å²) < 4.78 is 5.09. The van der Waals surface area contributed by atoms with Crippen LogP contribution in [-0.4, -0.2) is 18.7 Å². The predicted octanol–water partition coefficient (Wildman–Crippen LogP) is 5.13. The Hall–Kier alpha value is -1.90. The molecule has 2 aromatic carbocycles. The van der Waals surface area contributed by atoms with E-state index >= 15 is 0 Å². The lowest BCUT2D eigenvalue weighted by Gasteiger charge is -2.07. The summed E-state index contributed by atoms with van der Waals surface area (Å²) in [5, 5.41) is 2.66. The van der Waals surface area contributed by atoms with Crippen molar-refractivity contribution in [3.8, 4) is 11.3 Å². The molecule has 0 N–H and O–H groups in total. The first kappa shape index (κ1) is 15.0. The summed E-state index contributed by atoms with van der Waals surface area (Å²) in [5.41, 5.74) is 3.31. The number of aryl methyl sites for hydroxylation is 1. The molecule has 3 aromatic rings. The highest BCUT2D eigenvalue weighted by Crippen LogP contribution is 2.27. The maximum Gasteiger partial charge on any atom is 0.137 e. The number of ether oxygens (including phenoxy) is 1. The third-order valence-corrected chi connectivity index (χ3v) is 4.05. The van der Waals surface area contributed by atoms with Crippen LogP contribution in [0.5, 0.6) is 0 Å². The first-order valence-electron chi connectivity index (χ1n) is 7.41. The minimum absolute atomic E-state index is 0.553. The van der Waals surface area contributed by atoms with E-state index in [4.69, 9.17) is 16.3 Å². The molecule has 0 saturated carbocycles. The number of halogens is 1. The van der Waals surface area contributed by atoms with Gasteiger partial charge in [-0.3, -0.25) is 0 Å². The molecule has 0 spiro atoms. The van der Waals surface area contributed by atoms with Gasteiger partial charge in [-0.1, -0.05) is 60.1 Å². The molecule has 112 valence electrons. The van der Waals surface area contributed by atoms with E-state index in [0.717, 1.165) is 41.5 Å². The molecular formula is C19H18ClNO. The summed E-state index contributed by atoms with van der Waals surface area (Å²) in [6.45, 7) is 0.795. The number of pyridine rings is 1. The van der Waals surface area contributed by atoms with Crippen LogP contribution in [0.2, 0.25) is 5.15 Å². The van der Waals surface area contributed by atoms with Crippen LogP contribution >= 0.6 is 11.6 Å². The molecule has 0 bridgehead atoms. The SMILES string of the molecule is COCCCc1ccc(-c2cc3ccccc3c(Cl)n2)cc1. The minimum Gasteiger partial charge on any atom is -0.385 e. The fourth-order valence-corrected chi connectivity index (χ4v) is 2.83. The normalized spacial score (nSPS) is 11.0.